The molecular formula is C16H27NO3. The minimum atomic E-state index is -0.208. The zero-order valence-electron chi connectivity index (χ0n) is 13.0. The second-order valence-electron chi connectivity index (χ2n) is 5.57. The van der Waals surface area contributed by atoms with Crippen LogP contribution >= 0.6 is 0 Å². The third-order valence-electron chi connectivity index (χ3n) is 3.90. The Morgan fingerprint density at radius 2 is 1.95 bits per heavy atom. The van der Waals surface area contributed by atoms with Crippen LogP contribution in [0.5, 0.6) is 0 Å². The van der Waals surface area contributed by atoms with Crippen LogP contribution in [0.2, 0.25) is 0 Å². The number of rotatable bonds is 5. The maximum Gasteiger partial charge on any atom is 0.255 e. The Labute approximate surface area is 121 Å². The van der Waals surface area contributed by atoms with E-state index in [-0.39, 0.29) is 17.7 Å². The van der Waals surface area contributed by atoms with E-state index in [2.05, 4.69) is 12.2 Å². The third-order valence-corrected chi connectivity index (χ3v) is 3.90. The maximum absolute atomic E-state index is 12.3. The Bertz CT molecular complexity index is 391. The van der Waals surface area contributed by atoms with Crippen LogP contribution < -0.4 is 5.32 Å². The molecule has 1 fully saturated rings. The maximum atomic E-state index is 12.3. The fraction of sp³-hybridized carbons (Fsp3) is 0.688. The van der Waals surface area contributed by atoms with Crippen molar-refractivity contribution in [2.45, 2.75) is 58.9 Å². The van der Waals surface area contributed by atoms with Gasteiger partial charge in [0.1, 0.15) is 5.76 Å². The minimum absolute atomic E-state index is 0.0731. The first kappa shape index (κ1) is 16.6. The van der Waals surface area contributed by atoms with Crippen LogP contribution in [0.15, 0.2) is 23.2 Å². The van der Waals surface area contributed by atoms with Gasteiger partial charge < -0.3 is 15.2 Å². The molecule has 1 aliphatic rings. The lowest BCUT2D eigenvalue weighted by atomic mass is 9.87. The molecule has 4 heteroatoms. The standard InChI is InChI=1S/C16H27NO3/c1-5-6-14(15(18)12(3)20-4)16(19)17-13-9-7-11(2)8-10-13/h6,11,13,18H,5,7-10H2,1-4H3,(H,17,19)/b14-6+,15-12-. The van der Waals surface area contributed by atoms with Crippen LogP contribution in [0.25, 0.3) is 0 Å². The van der Waals surface area contributed by atoms with Crippen molar-refractivity contribution >= 4 is 5.91 Å². The number of hydrogen-bond acceptors (Lipinski definition) is 3. The molecular weight excluding hydrogens is 254 g/mol. The summed E-state index contributed by atoms with van der Waals surface area (Å²) in [5.74, 6) is 0.825. The molecule has 2 N–H and O–H groups in total. The van der Waals surface area contributed by atoms with Crippen molar-refractivity contribution in [3.05, 3.63) is 23.2 Å². The van der Waals surface area contributed by atoms with Crippen LogP contribution in [0.1, 0.15) is 52.9 Å². The smallest absolute Gasteiger partial charge is 0.255 e. The number of ether oxygens (including phenoxy) is 1. The molecule has 0 aromatic carbocycles. The molecule has 0 aromatic rings. The lowest BCUT2D eigenvalue weighted by Crippen LogP contribution is -2.38. The van der Waals surface area contributed by atoms with Gasteiger partial charge in [-0.1, -0.05) is 19.9 Å². The summed E-state index contributed by atoms with van der Waals surface area (Å²) >= 11 is 0. The highest BCUT2D eigenvalue weighted by atomic mass is 16.5. The van der Waals surface area contributed by atoms with Crippen molar-refractivity contribution in [2.75, 3.05) is 7.11 Å². The first-order valence-electron chi connectivity index (χ1n) is 7.44. The second-order valence-corrected chi connectivity index (χ2v) is 5.57. The first-order valence-corrected chi connectivity index (χ1v) is 7.44. The van der Waals surface area contributed by atoms with Crippen molar-refractivity contribution in [1.82, 2.24) is 5.32 Å². The number of aliphatic hydroxyl groups excluding tert-OH is 1. The molecule has 0 spiro atoms. The van der Waals surface area contributed by atoms with Gasteiger partial charge in [0.2, 0.25) is 0 Å². The predicted octanol–water partition coefficient (Wildman–Crippen LogP) is 3.45. The van der Waals surface area contributed by atoms with Crippen LogP contribution in [-0.2, 0) is 9.53 Å². The molecule has 0 heterocycles. The molecule has 0 unspecified atom stereocenters. The molecule has 1 aliphatic carbocycles. The van der Waals surface area contributed by atoms with E-state index in [1.165, 1.54) is 7.11 Å². The van der Waals surface area contributed by atoms with E-state index in [9.17, 15) is 9.90 Å². The van der Waals surface area contributed by atoms with E-state index in [1.54, 1.807) is 13.0 Å². The number of nitrogens with one attached hydrogen (secondary N) is 1. The summed E-state index contributed by atoms with van der Waals surface area (Å²) in [6, 6.07) is 0.217. The van der Waals surface area contributed by atoms with Gasteiger partial charge in [-0.2, -0.15) is 0 Å². The summed E-state index contributed by atoms with van der Waals surface area (Å²) in [7, 11) is 1.48. The Morgan fingerprint density at radius 3 is 2.45 bits per heavy atom. The number of amides is 1. The highest BCUT2D eigenvalue weighted by molar-refractivity contribution is 5.97. The highest BCUT2D eigenvalue weighted by Gasteiger charge is 2.23. The van der Waals surface area contributed by atoms with E-state index >= 15 is 0 Å². The van der Waals surface area contributed by atoms with E-state index in [1.807, 2.05) is 6.92 Å². The number of allylic oxidation sites excluding steroid dienone is 2. The van der Waals surface area contributed by atoms with Crippen LogP contribution in [0.3, 0.4) is 0 Å². The fourth-order valence-electron chi connectivity index (χ4n) is 2.45. The summed E-state index contributed by atoms with van der Waals surface area (Å²) in [6.45, 7) is 5.83. The van der Waals surface area contributed by atoms with Crippen molar-refractivity contribution in [2.24, 2.45) is 5.92 Å². The van der Waals surface area contributed by atoms with Gasteiger partial charge in [-0.25, -0.2) is 0 Å². The number of hydrogen-bond donors (Lipinski definition) is 2. The quantitative estimate of drug-likeness (QED) is 0.461. The van der Waals surface area contributed by atoms with Gasteiger partial charge in [-0.05, 0) is 44.9 Å². The molecule has 0 atom stereocenters. The topological polar surface area (TPSA) is 58.6 Å². The van der Waals surface area contributed by atoms with Crippen molar-refractivity contribution in [3.8, 4) is 0 Å². The monoisotopic (exact) mass is 281 g/mol. The molecule has 1 rings (SSSR count). The lowest BCUT2D eigenvalue weighted by molar-refractivity contribution is -0.118. The molecule has 20 heavy (non-hydrogen) atoms. The predicted molar refractivity (Wildman–Crippen MR) is 80.3 cm³/mol. The lowest BCUT2D eigenvalue weighted by Gasteiger charge is -2.27. The van der Waals surface area contributed by atoms with E-state index < -0.39 is 0 Å². The molecule has 1 amide bonds. The van der Waals surface area contributed by atoms with E-state index in [0.717, 1.165) is 31.6 Å². The van der Waals surface area contributed by atoms with E-state index in [0.29, 0.717) is 17.8 Å². The Kier molecular flexibility index (Phi) is 6.62. The summed E-state index contributed by atoms with van der Waals surface area (Å²) in [4.78, 5) is 12.3. The molecule has 4 nitrogen and oxygen atoms in total. The normalized spacial score (nSPS) is 24.9. The number of methoxy groups -OCH3 is 1. The van der Waals surface area contributed by atoms with Gasteiger partial charge in [0, 0.05) is 6.04 Å². The van der Waals surface area contributed by atoms with Crippen LogP contribution in [-0.4, -0.2) is 24.2 Å². The highest BCUT2D eigenvalue weighted by Crippen LogP contribution is 2.24. The Morgan fingerprint density at radius 1 is 1.35 bits per heavy atom. The summed E-state index contributed by atoms with van der Waals surface area (Å²) in [6.07, 6.45) is 6.75. The molecule has 114 valence electrons. The number of carbonyl (C=O) groups excluding carboxylic acids is 1. The van der Waals surface area contributed by atoms with Crippen LogP contribution in [0, 0.1) is 5.92 Å². The largest absolute Gasteiger partial charge is 0.504 e. The molecule has 0 radical (unpaired) electrons. The number of aliphatic hydroxyl groups is 1. The molecule has 0 bridgehead atoms. The van der Waals surface area contributed by atoms with Gasteiger partial charge in [0.25, 0.3) is 5.91 Å². The minimum Gasteiger partial charge on any atom is -0.504 e. The SMILES string of the molecule is CC/C=C(C(=O)NC1CCC(C)CC1)\C(O)=C(/C)OC. The zero-order valence-corrected chi connectivity index (χ0v) is 13.0. The summed E-state index contributed by atoms with van der Waals surface area (Å²) < 4.78 is 5.00. The third kappa shape index (κ3) is 4.58. The van der Waals surface area contributed by atoms with Gasteiger partial charge in [-0.15, -0.1) is 0 Å². The average molecular weight is 281 g/mol. The van der Waals surface area contributed by atoms with Crippen molar-refractivity contribution < 1.29 is 14.6 Å². The second kappa shape index (κ2) is 7.98. The average Bonchev–Trinajstić information content (AvgIpc) is 2.45. The summed E-state index contributed by atoms with van der Waals surface area (Å²) in [5, 5.41) is 13.1. The van der Waals surface area contributed by atoms with E-state index in [4.69, 9.17) is 4.74 Å². The molecule has 0 saturated heterocycles. The van der Waals surface area contributed by atoms with Gasteiger partial charge in [0.15, 0.2) is 5.76 Å². The molecule has 1 saturated carbocycles. The number of carbonyl (C=O) groups is 1. The van der Waals surface area contributed by atoms with Crippen molar-refractivity contribution in [3.63, 3.8) is 0 Å². The summed E-state index contributed by atoms with van der Waals surface area (Å²) in [5.41, 5.74) is 0.311. The van der Waals surface area contributed by atoms with Crippen molar-refractivity contribution in [1.29, 1.82) is 0 Å². The van der Waals surface area contributed by atoms with Gasteiger partial charge in [-0.3, -0.25) is 4.79 Å². The van der Waals surface area contributed by atoms with Gasteiger partial charge in [0.05, 0.1) is 12.7 Å². The zero-order chi connectivity index (χ0) is 15.1. The fourth-order valence-corrected chi connectivity index (χ4v) is 2.45. The first-order chi connectivity index (χ1) is 9.49. The Hall–Kier alpha value is -1.45. The Balaban J connectivity index is 2.73. The molecule has 0 aliphatic heterocycles. The van der Waals surface area contributed by atoms with Gasteiger partial charge >= 0.3 is 0 Å². The molecule has 0 aromatic heterocycles. The van der Waals surface area contributed by atoms with Crippen LogP contribution in [0.4, 0.5) is 0 Å².